The van der Waals surface area contributed by atoms with Gasteiger partial charge in [0.2, 0.25) is 5.84 Å². The molecule has 0 radical (unpaired) electrons. The maximum absolute atomic E-state index is 13.9. The fourth-order valence-electron chi connectivity index (χ4n) is 4.25. The van der Waals surface area contributed by atoms with E-state index in [0.717, 1.165) is 34.6 Å². The highest BCUT2D eigenvalue weighted by Crippen LogP contribution is 2.31. The average molecular weight is 470 g/mol. The molecular weight excluding hydrogens is 445 g/mol. The number of nitrogens with zero attached hydrogens (tertiary/aromatic N) is 4. The van der Waals surface area contributed by atoms with Gasteiger partial charge in [-0.3, -0.25) is 0 Å². The van der Waals surface area contributed by atoms with Crippen LogP contribution in [0, 0.1) is 31.3 Å². The molecule has 1 saturated heterocycles. The third kappa shape index (κ3) is 4.50. The number of aryl methyl sites for hydroxylation is 2. The van der Waals surface area contributed by atoms with Crippen LogP contribution < -0.4 is 0 Å². The Bertz CT molecular complexity index is 1250. The van der Waals surface area contributed by atoms with Gasteiger partial charge in [-0.25, -0.2) is 18.2 Å². The molecule has 0 aliphatic carbocycles. The lowest BCUT2D eigenvalue weighted by molar-refractivity contribution is 0.138. The summed E-state index contributed by atoms with van der Waals surface area (Å²) < 4.78 is 49.0. The molecule has 1 fully saturated rings. The minimum absolute atomic E-state index is 0.134. The van der Waals surface area contributed by atoms with Crippen LogP contribution in [0.15, 0.2) is 53.8 Å². The highest BCUT2D eigenvalue weighted by atomic mass is 19.2. The van der Waals surface area contributed by atoms with E-state index in [1.54, 1.807) is 17.3 Å². The van der Waals surface area contributed by atoms with Gasteiger partial charge in [0.1, 0.15) is 6.61 Å². The normalized spacial score (nSPS) is 17.3. The number of aromatic nitrogens is 2. The van der Waals surface area contributed by atoms with E-state index in [9.17, 15) is 18.4 Å². The molecule has 0 bridgehead atoms. The van der Waals surface area contributed by atoms with Crippen molar-refractivity contribution in [2.24, 2.45) is 5.16 Å². The van der Waals surface area contributed by atoms with Crippen LogP contribution in [0.3, 0.4) is 0 Å². The topological polar surface area (TPSA) is 62.9 Å². The lowest BCUT2D eigenvalue weighted by Crippen LogP contribution is -2.42. The number of hydrogen-bond acceptors (Lipinski definition) is 4. The van der Waals surface area contributed by atoms with E-state index in [-0.39, 0.29) is 18.0 Å². The molecule has 34 heavy (non-hydrogen) atoms. The highest BCUT2D eigenvalue weighted by Gasteiger charge is 2.31. The van der Waals surface area contributed by atoms with E-state index < -0.39 is 23.5 Å². The third-order valence-electron chi connectivity index (χ3n) is 5.84. The maximum atomic E-state index is 13.9. The van der Waals surface area contributed by atoms with E-state index in [1.165, 1.54) is 0 Å². The molecule has 6 nitrogen and oxygen atoms in total. The monoisotopic (exact) mass is 470 g/mol. The fraction of sp³-hybridized carbons (Fsp3) is 0.280. The van der Waals surface area contributed by atoms with Gasteiger partial charge in [0.05, 0.1) is 24.6 Å². The SMILES string of the molecule is CCC(c1cc(F)c(F)c(F)c1)N1CCOC(=C\c2ccc(-n3cnc(C)c3)c(C)c2)/C1=N/O. The Kier molecular flexibility index (Phi) is 6.63. The van der Waals surface area contributed by atoms with Gasteiger partial charge in [0.25, 0.3) is 0 Å². The summed E-state index contributed by atoms with van der Waals surface area (Å²) in [6.07, 6.45) is 5.87. The number of imidazole rings is 1. The molecule has 9 heteroatoms. The van der Waals surface area contributed by atoms with Crippen molar-refractivity contribution in [1.82, 2.24) is 14.5 Å². The van der Waals surface area contributed by atoms with E-state index in [1.807, 2.05) is 49.7 Å². The molecule has 1 unspecified atom stereocenters. The Morgan fingerprint density at radius 3 is 2.50 bits per heavy atom. The molecule has 3 aromatic rings. The van der Waals surface area contributed by atoms with Crippen LogP contribution in [0.2, 0.25) is 0 Å². The summed E-state index contributed by atoms with van der Waals surface area (Å²) in [5.74, 6) is -3.58. The number of benzene rings is 2. The van der Waals surface area contributed by atoms with Crippen LogP contribution in [0.4, 0.5) is 13.2 Å². The van der Waals surface area contributed by atoms with Crippen molar-refractivity contribution in [3.63, 3.8) is 0 Å². The van der Waals surface area contributed by atoms with Gasteiger partial charge < -0.3 is 19.4 Å². The Hall–Kier alpha value is -3.75. The zero-order valence-electron chi connectivity index (χ0n) is 19.1. The quantitative estimate of drug-likeness (QED) is 0.303. The summed E-state index contributed by atoms with van der Waals surface area (Å²) in [7, 11) is 0. The van der Waals surface area contributed by atoms with E-state index >= 15 is 0 Å². The Morgan fingerprint density at radius 1 is 1.18 bits per heavy atom. The summed E-state index contributed by atoms with van der Waals surface area (Å²) >= 11 is 0. The lowest BCUT2D eigenvalue weighted by Gasteiger charge is -2.37. The molecule has 0 spiro atoms. The molecule has 1 aliphatic rings. The largest absolute Gasteiger partial charge is 0.488 e. The van der Waals surface area contributed by atoms with Crippen LogP contribution in [0.1, 0.15) is 41.8 Å². The number of halogens is 3. The van der Waals surface area contributed by atoms with Gasteiger partial charge in [-0.2, -0.15) is 0 Å². The lowest BCUT2D eigenvalue weighted by atomic mass is 10.0. The number of amidine groups is 1. The number of hydrogen-bond donors (Lipinski definition) is 1. The van der Waals surface area contributed by atoms with Crippen LogP contribution in [0.25, 0.3) is 11.8 Å². The summed E-state index contributed by atoms with van der Waals surface area (Å²) in [6, 6.07) is 7.23. The molecule has 1 aliphatic heterocycles. The van der Waals surface area contributed by atoms with Crippen molar-refractivity contribution in [1.29, 1.82) is 0 Å². The standard InChI is InChI=1S/C25H25F3N4O2/c1-4-21(18-11-19(26)24(28)20(27)12-18)32-7-8-34-23(25(32)30-33)10-17-5-6-22(15(2)9-17)31-13-16(3)29-14-31/h5-6,9-14,21,33H,4,7-8H2,1-3H3/b23-10-,30-25-. The molecule has 1 N–H and O–H groups in total. The van der Waals surface area contributed by atoms with Crippen molar-refractivity contribution in [3.05, 3.63) is 88.5 Å². The zero-order chi connectivity index (χ0) is 24.4. The van der Waals surface area contributed by atoms with Crippen molar-refractivity contribution < 1.29 is 23.1 Å². The van der Waals surface area contributed by atoms with Crippen molar-refractivity contribution in [2.75, 3.05) is 13.2 Å². The second-order valence-corrected chi connectivity index (χ2v) is 8.16. The minimum Gasteiger partial charge on any atom is -0.488 e. The second kappa shape index (κ2) is 9.62. The predicted molar refractivity (Wildman–Crippen MR) is 122 cm³/mol. The second-order valence-electron chi connectivity index (χ2n) is 8.16. The van der Waals surface area contributed by atoms with Crippen LogP contribution in [0.5, 0.6) is 0 Å². The van der Waals surface area contributed by atoms with Gasteiger partial charge >= 0.3 is 0 Å². The first kappa shape index (κ1) is 23.4. The summed E-state index contributed by atoms with van der Waals surface area (Å²) in [5.41, 5.74) is 3.97. The van der Waals surface area contributed by atoms with E-state index in [2.05, 4.69) is 10.1 Å². The first-order chi connectivity index (χ1) is 16.3. The van der Waals surface area contributed by atoms with Crippen LogP contribution >= 0.6 is 0 Å². The summed E-state index contributed by atoms with van der Waals surface area (Å²) in [4.78, 5) is 5.96. The Labute approximate surface area is 195 Å². The fourth-order valence-corrected chi connectivity index (χ4v) is 4.25. The van der Waals surface area contributed by atoms with Crippen molar-refractivity contribution in [2.45, 2.75) is 33.2 Å². The number of morpholine rings is 1. The van der Waals surface area contributed by atoms with Gasteiger partial charge in [0.15, 0.2) is 23.2 Å². The molecule has 178 valence electrons. The molecule has 2 heterocycles. The minimum atomic E-state index is -1.51. The van der Waals surface area contributed by atoms with Crippen molar-refractivity contribution in [3.8, 4) is 5.69 Å². The van der Waals surface area contributed by atoms with E-state index in [4.69, 9.17) is 4.74 Å². The van der Waals surface area contributed by atoms with Gasteiger partial charge in [-0.1, -0.05) is 18.1 Å². The number of oxime groups is 1. The van der Waals surface area contributed by atoms with Gasteiger partial charge in [-0.05, 0) is 67.3 Å². The molecular formula is C25H25F3N4O2. The number of rotatable bonds is 5. The molecule has 0 amide bonds. The molecule has 4 rings (SSSR count). The Balaban J connectivity index is 1.65. The molecule has 2 aromatic carbocycles. The molecule has 1 aromatic heterocycles. The van der Waals surface area contributed by atoms with E-state index in [0.29, 0.717) is 18.7 Å². The summed E-state index contributed by atoms with van der Waals surface area (Å²) in [5, 5.41) is 13.2. The predicted octanol–water partition coefficient (Wildman–Crippen LogP) is 5.52. The summed E-state index contributed by atoms with van der Waals surface area (Å²) in [6.45, 7) is 6.33. The van der Waals surface area contributed by atoms with Crippen LogP contribution in [-0.2, 0) is 4.74 Å². The average Bonchev–Trinajstić information content (AvgIpc) is 3.24. The van der Waals surface area contributed by atoms with Gasteiger partial charge in [0, 0.05) is 11.9 Å². The zero-order valence-corrected chi connectivity index (χ0v) is 19.1. The maximum Gasteiger partial charge on any atom is 0.211 e. The number of ether oxygens (including phenoxy) is 1. The van der Waals surface area contributed by atoms with Crippen molar-refractivity contribution >= 4 is 11.9 Å². The first-order valence-electron chi connectivity index (χ1n) is 10.9. The smallest absolute Gasteiger partial charge is 0.211 e. The third-order valence-corrected chi connectivity index (χ3v) is 5.84. The van der Waals surface area contributed by atoms with Crippen LogP contribution in [-0.4, -0.2) is 38.6 Å². The Morgan fingerprint density at radius 2 is 1.91 bits per heavy atom. The molecule has 1 atom stereocenters. The van der Waals surface area contributed by atoms with Gasteiger partial charge in [-0.15, -0.1) is 0 Å². The molecule has 0 saturated carbocycles. The highest BCUT2D eigenvalue weighted by molar-refractivity contribution is 6.00. The first-order valence-corrected chi connectivity index (χ1v) is 10.9.